The molecular formula is C16H10F2N2OS. The summed E-state index contributed by atoms with van der Waals surface area (Å²) in [6, 6.07) is 8.65. The van der Waals surface area contributed by atoms with Crippen LogP contribution in [0.5, 0.6) is 11.5 Å². The summed E-state index contributed by atoms with van der Waals surface area (Å²) in [4.78, 5) is 3.59. The SMILES string of the molecule is CSc1c(Oc2ccc(F)c(C#N)c2)c(F)cc2[nH]ccc12. The molecule has 3 aromatic rings. The molecule has 0 saturated carbocycles. The zero-order valence-electron chi connectivity index (χ0n) is 11.5. The average molecular weight is 316 g/mol. The van der Waals surface area contributed by atoms with E-state index in [9.17, 15) is 8.78 Å². The molecule has 1 heterocycles. The van der Waals surface area contributed by atoms with Gasteiger partial charge in [0.15, 0.2) is 11.6 Å². The zero-order valence-corrected chi connectivity index (χ0v) is 12.3. The lowest BCUT2D eigenvalue weighted by Crippen LogP contribution is -1.93. The van der Waals surface area contributed by atoms with Crippen LogP contribution in [0.15, 0.2) is 41.4 Å². The van der Waals surface area contributed by atoms with Gasteiger partial charge in [0.2, 0.25) is 0 Å². The van der Waals surface area contributed by atoms with Crippen molar-refractivity contribution in [1.82, 2.24) is 4.98 Å². The monoisotopic (exact) mass is 316 g/mol. The largest absolute Gasteiger partial charge is 0.453 e. The molecule has 3 nitrogen and oxygen atoms in total. The van der Waals surface area contributed by atoms with Crippen molar-refractivity contribution in [2.45, 2.75) is 4.90 Å². The van der Waals surface area contributed by atoms with Crippen molar-refractivity contribution < 1.29 is 13.5 Å². The topological polar surface area (TPSA) is 48.8 Å². The van der Waals surface area contributed by atoms with Crippen LogP contribution in [0, 0.1) is 23.0 Å². The van der Waals surface area contributed by atoms with E-state index in [0.29, 0.717) is 10.4 Å². The highest BCUT2D eigenvalue weighted by Gasteiger charge is 2.16. The second-order valence-electron chi connectivity index (χ2n) is 4.52. The Bertz CT molecular complexity index is 899. The summed E-state index contributed by atoms with van der Waals surface area (Å²) in [6.07, 6.45) is 3.54. The third-order valence-electron chi connectivity index (χ3n) is 3.20. The van der Waals surface area contributed by atoms with E-state index in [1.807, 2.05) is 12.3 Å². The predicted molar refractivity (Wildman–Crippen MR) is 81.2 cm³/mol. The van der Waals surface area contributed by atoms with Gasteiger partial charge in [-0.05, 0) is 24.5 Å². The molecule has 3 rings (SSSR count). The number of hydrogen-bond acceptors (Lipinski definition) is 3. The Kier molecular flexibility index (Phi) is 3.73. The van der Waals surface area contributed by atoms with Gasteiger partial charge in [-0.25, -0.2) is 8.78 Å². The van der Waals surface area contributed by atoms with E-state index in [0.717, 1.165) is 11.5 Å². The first-order chi connectivity index (χ1) is 10.6. The molecule has 22 heavy (non-hydrogen) atoms. The lowest BCUT2D eigenvalue weighted by Gasteiger charge is -2.12. The third kappa shape index (κ3) is 2.40. The normalized spacial score (nSPS) is 10.6. The number of benzene rings is 2. The zero-order chi connectivity index (χ0) is 15.7. The molecule has 0 spiro atoms. The van der Waals surface area contributed by atoms with Crippen LogP contribution < -0.4 is 4.74 Å². The first-order valence-corrected chi connectivity index (χ1v) is 7.57. The standard InChI is InChI=1S/C16H10F2N2OS/c1-22-16-11-4-5-20-14(11)7-13(18)15(16)21-10-2-3-12(17)9(6-10)8-19/h2-7,20H,1H3. The van der Waals surface area contributed by atoms with Gasteiger partial charge < -0.3 is 9.72 Å². The fourth-order valence-electron chi connectivity index (χ4n) is 2.19. The van der Waals surface area contributed by atoms with Crippen molar-refractivity contribution in [1.29, 1.82) is 5.26 Å². The van der Waals surface area contributed by atoms with Gasteiger partial charge in [0.1, 0.15) is 17.6 Å². The highest BCUT2D eigenvalue weighted by Crippen LogP contribution is 2.39. The highest BCUT2D eigenvalue weighted by molar-refractivity contribution is 7.99. The molecule has 0 radical (unpaired) electrons. The molecule has 0 fully saturated rings. The molecule has 0 aliphatic carbocycles. The summed E-state index contributed by atoms with van der Waals surface area (Å²) >= 11 is 1.35. The van der Waals surface area contributed by atoms with Crippen molar-refractivity contribution in [3.05, 3.63) is 53.7 Å². The smallest absolute Gasteiger partial charge is 0.177 e. The summed E-state index contributed by atoms with van der Waals surface area (Å²) in [5.41, 5.74) is 0.525. The molecule has 2 aromatic carbocycles. The minimum absolute atomic E-state index is 0.0649. The molecule has 0 amide bonds. The summed E-state index contributed by atoms with van der Waals surface area (Å²) in [7, 11) is 0. The average Bonchev–Trinajstić information content (AvgIpc) is 2.97. The lowest BCUT2D eigenvalue weighted by molar-refractivity contribution is 0.431. The van der Waals surface area contributed by atoms with Crippen molar-refractivity contribution in [3.63, 3.8) is 0 Å². The van der Waals surface area contributed by atoms with Crippen molar-refractivity contribution in [2.75, 3.05) is 6.26 Å². The maximum Gasteiger partial charge on any atom is 0.177 e. The summed E-state index contributed by atoms with van der Waals surface area (Å²) in [5.74, 6) is -0.888. The van der Waals surface area contributed by atoms with Gasteiger partial charge in [0, 0.05) is 29.2 Å². The Balaban J connectivity index is 2.11. The Morgan fingerprint density at radius 2 is 2.00 bits per heavy atom. The van der Waals surface area contributed by atoms with Crippen LogP contribution in [0.1, 0.15) is 5.56 Å². The molecule has 110 valence electrons. The van der Waals surface area contributed by atoms with Gasteiger partial charge in [-0.3, -0.25) is 0 Å². The van der Waals surface area contributed by atoms with Crippen molar-refractivity contribution >= 4 is 22.7 Å². The highest BCUT2D eigenvalue weighted by atomic mass is 32.2. The number of ether oxygens (including phenoxy) is 1. The van der Waals surface area contributed by atoms with Crippen LogP contribution in [0.3, 0.4) is 0 Å². The number of fused-ring (bicyclic) bond motifs is 1. The Hall–Kier alpha value is -2.52. The minimum atomic E-state index is -0.638. The van der Waals surface area contributed by atoms with Gasteiger partial charge in [-0.1, -0.05) is 0 Å². The number of nitriles is 1. The van der Waals surface area contributed by atoms with Crippen LogP contribution in [0.4, 0.5) is 8.78 Å². The van der Waals surface area contributed by atoms with Crippen LogP contribution >= 0.6 is 11.8 Å². The van der Waals surface area contributed by atoms with Gasteiger partial charge in [-0.2, -0.15) is 5.26 Å². The van der Waals surface area contributed by atoms with E-state index in [1.165, 1.54) is 30.0 Å². The maximum absolute atomic E-state index is 14.3. The number of H-pyrrole nitrogens is 1. The van der Waals surface area contributed by atoms with Gasteiger partial charge in [0.05, 0.1) is 10.5 Å². The van der Waals surface area contributed by atoms with Crippen molar-refractivity contribution in [3.8, 4) is 17.6 Å². The van der Waals surface area contributed by atoms with Crippen molar-refractivity contribution in [2.24, 2.45) is 0 Å². The number of nitrogens with zero attached hydrogens (tertiary/aromatic N) is 1. The maximum atomic E-state index is 14.3. The second-order valence-corrected chi connectivity index (χ2v) is 5.33. The Labute approximate surface area is 129 Å². The number of aromatic nitrogens is 1. The molecule has 0 aliphatic heterocycles. The van der Waals surface area contributed by atoms with Gasteiger partial charge in [-0.15, -0.1) is 11.8 Å². The number of nitrogens with one attached hydrogen (secondary N) is 1. The number of hydrogen-bond donors (Lipinski definition) is 1. The molecule has 0 aliphatic rings. The van der Waals surface area contributed by atoms with Crippen LogP contribution in [0.2, 0.25) is 0 Å². The van der Waals surface area contributed by atoms with Crippen LogP contribution in [0.25, 0.3) is 10.9 Å². The van der Waals surface area contributed by atoms with E-state index in [2.05, 4.69) is 4.98 Å². The third-order valence-corrected chi connectivity index (χ3v) is 4.01. The quantitative estimate of drug-likeness (QED) is 0.704. The fraction of sp³-hybridized carbons (Fsp3) is 0.0625. The second kappa shape index (κ2) is 5.70. The molecule has 0 saturated heterocycles. The Morgan fingerprint density at radius 3 is 2.73 bits per heavy atom. The Morgan fingerprint density at radius 1 is 1.18 bits per heavy atom. The molecular weight excluding hydrogens is 306 g/mol. The molecule has 1 aromatic heterocycles. The number of halogens is 2. The first-order valence-electron chi connectivity index (χ1n) is 6.35. The fourth-order valence-corrected chi connectivity index (χ4v) is 2.91. The minimum Gasteiger partial charge on any atom is -0.453 e. The number of rotatable bonds is 3. The van der Waals surface area contributed by atoms with Crippen LogP contribution in [-0.2, 0) is 0 Å². The molecule has 6 heteroatoms. The molecule has 0 atom stereocenters. The first kappa shape index (κ1) is 14.4. The number of thioether (sulfide) groups is 1. The van der Waals surface area contributed by atoms with E-state index in [1.54, 1.807) is 12.3 Å². The summed E-state index contributed by atoms with van der Waals surface area (Å²) < 4.78 is 33.2. The molecule has 0 bridgehead atoms. The molecule has 1 N–H and O–H groups in total. The predicted octanol–water partition coefficient (Wildman–Crippen LogP) is 4.83. The van der Waals surface area contributed by atoms with E-state index >= 15 is 0 Å². The van der Waals surface area contributed by atoms with E-state index < -0.39 is 11.6 Å². The van der Waals surface area contributed by atoms with E-state index in [-0.39, 0.29) is 17.1 Å². The summed E-state index contributed by atoms with van der Waals surface area (Å²) in [5, 5.41) is 9.69. The summed E-state index contributed by atoms with van der Waals surface area (Å²) in [6.45, 7) is 0. The van der Waals surface area contributed by atoms with E-state index in [4.69, 9.17) is 10.00 Å². The van der Waals surface area contributed by atoms with Crippen LogP contribution in [-0.4, -0.2) is 11.2 Å². The van der Waals surface area contributed by atoms with Gasteiger partial charge in [0.25, 0.3) is 0 Å². The van der Waals surface area contributed by atoms with Gasteiger partial charge >= 0.3 is 0 Å². The number of aromatic amines is 1. The lowest BCUT2D eigenvalue weighted by atomic mass is 10.2. The molecule has 0 unspecified atom stereocenters.